The van der Waals surface area contributed by atoms with Crippen LogP contribution in [-0.4, -0.2) is 11.7 Å². The average Bonchev–Trinajstić information content (AvgIpc) is 2.49. The van der Waals surface area contributed by atoms with Crippen molar-refractivity contribution < 1.29 is 4.74 Å². The molecule has 1 rings (SSSR count). The van der Waals surface area contributed by atoms with E-state index in [1.165, 1.54) is 44.9 Å². The van der Waals surface area contributed by atoms with Crippen molar-refractivity contribution in [3.8, 4) is 0 Å². The van der Waals surface area contributed by atoms with Gasteiger partial charge in [0.2, 0.25) is 0 Å². The molecule has 1 aliphatic rings. The molecule has 0 bridgehead atoms. The zero-order valence-corrected chi connectivity index (χ0v) is 14.2. The van der Waals surface area contributed by atoms with Gasteiger partial charge in [-0.2, -0.15) is 0 Å². The van der Waals surface area contributed by atoms with Gasteiger partial charge in [-0.25, -0.2) is 0 Å². The Bertz CT molecular complexity index is 409. The maximum absolute atomic E-state index is 7.34. The first-order chi connectivity index (χ1) is 10.1. The Hall–Kier alpha value is -0.960. The van der Waals surface area contributed by atoms with Crippen molar-refractivity contribution in [1.82, 2.24) is 0 Å². The lowest BCUT2D eigenvalue weighted by Gasteiger charge is -2.16. The van der Waals surface area contributed by atoms with Crippen LogP contribution in [0.1, 0.15) is 64.7 Å². The Balaban J connectivity index is 2.19. The van der Waals surface area contributed by atoms with E-state index >= 15 is 0 Å². The summed E-state index contributed by atoms with van der Waals surface area (Å²) in [5.41, 5.74) is 2.17. The molecule has 0 unspecified atom stereocenters. The number of hydrogen-bond acceptors (Lipinski definition) is 2. The van der Waals surface area contributed by atoms with Gasteiger partial charge in [0.25, 0.3) is 0 Å². The maximum Gasteiger partial charge on any atom is 0.115 e. The Morgan fingerprint density at radius 1 is 1.19 bits per heavy atom. The van der Waals surface area contributed by atoms with Gasteiger partial charge < -0.3 is 4.74 Å². The van der Waals surface area contributed by atoms with E-state index in [4.69, 9.17) is 10.1 Å². The first-order valence-electron chi connectivity index (χ1n) is 8.10. The second-order valence-corrected chi connectivity index (χ2v) is 6.16. The van der Waals surface area contributed by atoms with E-state index in [1.54, 1.807) is 5.57 Å². The molecule has 0 saturated carbocycles. The number of hydrogen-bond donors (Lipinski definition) is 2. The van der Waals surface area contributed by atoms with Crippen molar-refractivity contribution in [3.63, 3.8) is 0 Å². The van der Waals surface area contributed by atoms with E-state index < -0.39 is 0 Å². The SMILES string of the molecule is C=C(COC1=CC=C(CCCCCCCC)CC1)C(=N)S. The summed E-state index contributed by atoms with van der Waals surface area (Å²) in [4.78, 5) is 0. The lowest BCUT2D eigenvalue weighted by molar-refractivity contribution is 0.231. The molecule has 0 aromatic rings. The van der Waals surface area contributed by atoms with Crippen molar-refractivity contribution >= 4 is 17.7 Å². The van der Waals surface area contributed by atoms with E-state index in [2.05, 4.69) is 38.3 Å². The molecule has 21 heavy (non-hydrogen) atoms. The molecule has 0 radical (unpaired) electrons. The molecule has 0 heterocycles. The van der Waals surface area contributed by atoms with E-state index in [0.717, 1.165) is 18.6 Å². The zero-order valence-electron chi connectivity index (χ0n) is 13.3. The third-order valence-corrected chi connectivity index (χ3v) is 4.13. The highest BCUT2D eigenvalue weighted by atomic mass is 32.1. The van der Waals surface area contributed by atoms with Crippen molar-refractivity contribution in [1.29, 1.82) is 5.41 Å². The minimum absolute atomic E-state index is 0.200. The van der Waals surface area contributed by atoms with E-state index in [1.807, 2.05) is 0 Å². The molecule has 1 aliphatic carbocycles. The van der Waals surface area contributed by atoms with Gasteiger partial charge in [0, 0.05) is 12.0 Å². The fraction of sp³-hybridized carbons (Fsp3) is 0.611. The topological polar surface area (TPSA) is 33.1 Å². The first kappa shape index (κ1) is 18.1. The van der Waals surface area contributed by atoms with Crippen LogP contribution in [0.2, 0.25) is 0 Å². The van der Waals surface area contributed by atoms with Crippen molar-refractivity contribution in [2.45, 2.75) is 64.7 Å². The van der Waals surface area contributed by atoms with Gasteiger partial charge in [-0.05, 0) is 25.3 Å². The van der Waals surface area contributed by atoms with Gasteiger partial charge in [0.05, 0.1) is 10.8 Å². The number of allylic oxidation sites excluding steroid dienone is 4. The van der Waals surface area contributed by atoms with Gasteiger partial charge in [-0.1, -0.05) is 57.3 Å². The van der Waals surface area contributed by atoms with Gasteiger partial charge >= 0.3 is 0 Å². The van der Waals surface area contributed by atoms with E-state index in [0.29, 0.717) is 12.2 Å². The molecule has 118 valence electrons. The molecular weight excluding hydrogens is 278 g/mol. The summed E-state index contributed by atoms with van der Waals surface area (Å²) in [6.45, 7) is 6.38. The van der Waals surface area contributed by atoms with Crippen LogP contribution in [0.4, 0.5) is 0 Å². The third kappa shape index (κ3) is 8.15. The van der Waals surface area contributed by atoms with Crippen LogP contribution < -0.4 is 0 Å². The van der Waals surface area contributed by atoms with Gasteiger partial charge in [-0.3, -0.25) is 5.41 Å². The van der Waals surface area contributed by atoms with Crippen LogP contribution in [0, 0.1) is 5.41 Å². The highest BCUT2D eigenvalue weighted by molar-refractivity contribution is 7.97. The Morgan fingerprint density at radius 3 is 2.52 bits per heavy atom. The van der Waals surface area contributed by atoms with Crippen LogP contribution in [-0.2, 0) is 4.74 Å². The molecular formula is C18H29NOS. The fourth-order valence-electron chi connectivity index (χ4n) is 2.37. The second kappa shape index (κ2) is 10.7. The molecule has 0 atom stereocenters. The normalized spacial score (nSPS) is 14.4. The number of rotatable bonds is 11. The van der Waals surface area contributed by atoms with E-state index in [9.17, 15) is 0 Å². The quantitative estimate of drug-likeness (QED) is 0.214. The molecule has 0 fully saturated rings. The van der Waals surface area contributed by atoms with Crippen molar-refractivity contribution in [2.75, 3.05) is 6.61 Å². The number of unbranched alkanes of at least 4 members (excludes halogenated alkanes) is 5. The number of ether oxygens (including phenoxy) is 1. The van der Waals surface area contributed by atoms with Crippen LogP contribution in [0.3, 0.4) is 0 Å². The highest BCUT2D eigenvalue weighted by Gasteiger charge is 2.08. The molecule has 0 saturated heterocycles. The van der Waals surface area contributed by atoms with Gasteiger partial charge in [-0.15, -0.1) is 12.6 Å². The molecule has 3 heteroatoms. The summed E-state index contributed by atoms with van der Waals surface area (Å²) in [5, 5.41) is 7.54. The lowest BCUT2D eigenvalue weighted by Crippen LogP contribution is -2.04. The standard InChI is InChI=1S/C18H29NOS/c1-3-4-5-6-7-8-9-16-10-12-17(13-11-16)20-14-15(2)18(19)21/h10,12H,2-9,11,13-14H2,1H3,(H2,19,21). The summed E-state index contributed by atoms with van der Waals surface area (Å²) >= 11 is 3.95. The molecule has 0 amide bonds. The minimum Gasteiger partial charge on any atom is -0.493 e. The van der Waals surface area contributed by atoms with Crippen LogP contribution in [0.25, 0.3) is 0 Å². The predicted molar refractivity (Wildman–Crippen MR) is 95.2 cm³/mol. The molecule has 0 aromatic carbocycles. The molecule has 0 aliphatic heterocycles. The first-order valence-corrected chi connectivity index (χ1v) is 8.55. The maximum atomic E-state index is 7.34. The van der Waals surface area contributed by atoms with Crippen molar-refractivity contribution in [3.05, 3.63) is 35.6 Å². The summed E-state index contributed by atoms with van der Waals surface area (Å²) in [6.07, 6.45) is 15.7. The van der Waals surface area contributed by atoms with Crippen LogP contribution >= 0.6 is 12.6 Å². The largest absolute Gasteiger partial charge is 0.493 e. The summed E-state index contributed by atoms with van der Waals surface area (Å²) in [7, 11) is 0. The zero-order chi connectivity index (χ0) is 15.5. The van der Waals surface area contributed by atoms with Gasteiger partial charge in [0.15, 0.2) is 0 Å². The monoisotopic (exact) mass is 307 g/mol. The Labute approximate surface area is 135 Å². The van der Waals surface area contributed by atoms with Gasteiger partial charge in [0.1, 0.15) is 6.61 Å². The average molecular weight is 308 g/mol. The molecule has 0 spiro atoms. The number of thiol groups is 1. The number of nitrogens with one attached hydrogen (secondary N) is 1. The minimum atomic E-state index is 0.200. The molecule has 0 aromatic heterocycles. The van der Waals surface area contributed by atoms with E-state index in [-0.39, 0.29) is 5.04 Å². The molecule has 1 N–H and O–H groups in total. The fourth-order valence-corrected chi connectivity index (χ4v) is 2.43. The lowest BCUT2D eigenvalue weighted by atomic mass is 9.97. The van der Waals surface area contributed by atoms with Crippen molar-refractivity contribution in [2.24, 2.45) is 0 Å². The Kier molecular flexibility index (Phi) is 9.24. The highest BCUT2D eigenvalue weighted by Crippen LogP contribution is 2.24. The summed E-state index contributed by atoms with van der Waals surface area (Å²) in [5.74, 6) is 0.998. The summed E-state index contributed by atoms with van der Waals surface area (Å²) < 4.78 is 5.65. The summed E-state index contributed by atoms with van der Waals surface area (Å²) in [6, 6.07) is 0. The second-order valence-electron chi connectivity index (χ2n) is 5.72. The molecule has 2 nitrogen and oxygen atoms in total. The third-order valence-electron chi connectivity index (χ3n) is 3.82. The van der Waals surface area contributed by atoms with Crippen LogP contribution in [0.5, 0.6) is 0 Å². The smallest absolute Gasteiger partial charge is 0.115 e. The Morgan fingerprint density at radius 2 is 1.90 bits per heavy atom. The van der Waals surface area contributed by atoms with Crippen LogP contribution in [0.15, 0.2) is 35.6 Å². The predicted octanol–water partition coefficient (Wildman–Crippen LogP) is 5.82.